The number of piperidine rings is 1. The van der Waals surface area contributed by atoms with Crippen molar-refractivity contribution in [1.29, 1.82) is 0 Å². The first-order chi connectivity index (χ1) is 20.2. The Bertz CT molecular complexity index is 1490. The van der Waals surface area contributed by atoms with Gasteiger partial charge in [-0.1, -0.05) is 0 Å². The van der Waals surface area contributed by atoms with E-state index in [9.17, 15) is 36.0 Å². The minimum absolute atomic E-state index is 0.0508. The van der Waals surface area contributed by atoms with Crippen LogP contribution >= 0.6 is 0 Å². The molecule has 0 saturated carbocycles. The minimum Gasteiger partial charge on any atom is -0.496 e. The van der Waals surface area contributed by atoms with E-state index >= 15 is 0 Å². The quantitative estimate of drug-likeness (QED) is 0.218. The standard InChI is InChI=1S/C28H33F3N4O7S/c1-34-25(37)27(32-26(34)38)11-14-35(15-12-27)13-5-4-6-22(36)20-16-21(24(42-3)17-23(20)41-2)33-43(39,40)19-9-7-18(8-10-19)28(29,30)31/h7-10,16-17,33H,4-6,11-15H2,1-3H3,(H,32,38). The SMILES string of the molecule is COc1cc(OC)c(C(=O)CCCCN2CCC3(CC2)NC(=O)N(C)C3=O)cc1NS(=O)(=O)c1ccc(C(F)(F)F)cc1. The van der Waals surface area contributed by atoms with Crippen molar-refractivity contribution in [3.05, 3.63) is 47.5 Å². The van der Waals surface area contributed by atoms with E-state index in [1.54, 1.807) is 0 Å². The number of amides is 3. The molecule has 0 aliphatic carbocycles. The third-order valence-electron chi connectivity index (χ3n) is 7.76. The van der Waals surface area contributed by atoms with Crippen LogP contribution in [0.3, 0.4) is 0 Å². The summed E-state index contributed by atoms with van der Waals surface area (Å²) in [4.78, 5) is 40.4. The van der Waals surface area contributed by atoms with Gasteiger partial charge in [0.2, 0.25) is 0 Å². The summed E-state index contributed by atoms with van der Waals surface area (Å²) in [5.74, 6) is -0.282. The van der Waals surface area contributed by atoms with Crippen LogP contribution < -0.4 is 19.5 Å². The lowest BCUT2D eigenvalue weighted by Gasteiger charge is -2.37. The highest BCUT2D eigenvalue weighted by Gasteiger charge is 2.50. The zero-order chi connectivity index (χ0) is 31.6. The van der Waals surface area contributed by atoms with Gasteiger partial charge in [-0.3, -0.25) is 19.2 Å². The van der Waals surface area contributed by atoms with E-state index in [1.165, 1.54) is 33.4 Å². The molecule has 2 aliphatic rings. The fourth-order valence-electron chi connectivity index (χ4n) is 5.23. The molecule has 234 valence electrons. The average Bonchev–Trinajstić information content (AvgIpc) is 3.18. The molecule has 2 aromatic carbocycles. The number of nitrogens with zero attached hydrogens (tertiary/aromatic N) is 2. The lowest BCUT2D eigenvalue weighted by molar-refractivity contribution is -0.137. The summed E-state index contributed by atoms with van der Waals surface area (Å²) >= 11 is 0. The largest absolute Gasteiger partial charge is 0.496 e. The van der Waals surface area contributed by atoms with E-state index in [4.69, 9.17) is 9.47 Å². The number of Topliss-reactive ketones (excluding diaryl/α,β-unsaturated/α-hetero) is 1. The highest BCUT2D eigenvalue weighted by molar-refractivity contribution is 7.92. The number of unbranched alkanes of at least 4 members (excludes halogenated alkanes) is 1. The van der Waals surface area contributed by atoms with Gasteiger partial charge in [-0.25, -0.2) is 13.2 Å². The number of ether oxygens (including phenoxy) is 2. The van der Waals surface area contributed by atoms with Crippen LogP contribution in [0.2, 0.25) is 0 Å². The Balaban J connectivity index is 1.37. The summed E-state index contributed by atoms with van der Waals surface area (Å²) < 4.78 is 77.5. The van der Waals surface area contributed by atoms with E-state index in [2.05, 4.69) is 14.9 Å². The summed E-state index contributed by atoms with van der Waals surface area (Å²) in [6.07, 6.45) is -2.24. The van der Waals surface area contributed by atoms with Gasteiger partial charge in [-0.2, -0.15) is 13.2 Å². The van der Waals surface area contributed by atoms with Gasteiger partial charge < -0.3 is 19.7 Å². The highest BCUT2D eigenvalue weighted by Crippen LogP contribution is 2.36. The van der Waals surface area contributed by atoms with Crippen molar-refractivity contribution in [2.45, 2.75) is 48.7 Å². The van der Waals surface area contributed by atoms with Crippen LogP contribution in [0, 0.1) is 0 Å². The van der Waals surface area contributed by atoms with Crippen molar-refractivity contribution >= 4 is 33.4 Å². The number of benzene rings is 2. The number of sulfonamides is 1. The maximum atomic E-state index is 13.2. The molecule has 11 nitrogen and oxygen atoms in total. The Morgan fingerprint density at radius 2 is 1.65 bits per heavy atom. The molecule has 15 heteroatoms. The third kappa shape index (κ3) is 6.88. The minimum atomic E-state index is -4.62. The fourth-order valence-corrected chi connectivity index (χ4v) is 6.29. The normalized spacial score (nSPS) is 17.2. The average molecular weight is 627 g/mol. The molecular weight excluding hydrogens is 593 g/mol. The van der Waals surface area contributed by atoms with Crippen LogP contribution in [-0.4, -0.2) is 82.4 Å². The molecule has 0 radical (unpaired) electrons. The number of imide groups is 1. The second-order valence-corrected chi connectivity index (χ2v) is 12.2. The van der Waals surface area contributed by atoms with Crippen molar-refractivity contribution < 1.29 is 45.4 Å². The summed E-state index contributed by atoms with van der Waals surface area (Å²) in [7, 11) is -0.208. The molecule has 3 amide bonds. The van der Waals surface area contributed by atoms with Gasteiger partial charge in [0.15, 0.2) is 5.78 Å². The number of nitrogens with one attached hydrogen (secondary N) is 2. The second kappa shape index (κ2) is 12.4. The van der Waals surface area contributed by atoms with Crippen molar-refractivity contribution in [2.75, 3.05) is 45.6 Å². The lowest BCUT2D eigenvalue weighted by Crippen LogP contribution is -2.54. The topological polar surface area (TPSA) is 134 Å². The molecule has 2 aliphatic heterocycles. The number of rotatable bonds is 11. The molecule has 1 spiro atoms. The van der Waals surface area contributed by atoms with Crippen LogP contribution in [0.5, 0.6) is 11.5 Å². The van der Waals surface area contributed by atoms with Crippen LogP contribution in [0.25, 0.3) is 0 Å². The molecule has 43 heavy (non-hydrogen) atoms. The number of halogens is 3. The van der Waals surface area contributed by atoms with E-state index < -0.39 is 32.2 Å². The first kappa shape index (κ1) is 32.1. The second-order valence-electron chi connectivity index (χ2n) is 10.5. The number of likely N-dealkylation sites (N-methyl/N-ethyl adjacent to an activating group) is 1. The molecule has 0 atom stereocenters. The van der Waals surface area contributed by atoms with Crippen LogP contribution in [0.1, 0.15) is 48.0 Å². The van der Waals surface area contributed by atoms with Crippen molar-refractivity contribution in [3.63, 3.8) is 0 Å². The number of carbonyl (C=O) groups is 3. The first-order valence-corrected chi connectivity index (χ1v) is 15.0. The van der Waals surface area contributed by atoms with Crippen molar-refractivity contribution in [2.24, 2.45) is 0 Å². The zero-order valence-electron chi connectivity index (χ0n) is 23.9. The maximum Gasteiger partial charge on any atom is 0.416 e. The number of hydrogen-bond acceptors (Lipinski definition) is 8. The number of likely N-dealkylation sites (tertiary alicyclic amines) is 1. The molecule has 0 aromatic heterocycles. The van der Waals surface area contributed by atoms with E-state index in [-0.39, 0.29) is 46.9 Å². The molecule has 0 unspecified atom stereocenters. The Hall–Kier alpha value is -3.85. The molecule has 2 fully saturated rings. The van der Waals surface area contributed by atoms with Crippen molar-refractivity contribution in [3.8, 4) is 11.5 Å². The number of urea groups is 1. The summed E-state index contributed by atoms with van der Waals surface area (Å²) in [6, 6.07) is 5.28. The zero-order valence-corrected chi connectivity index (χ0v) is 24.7. The van der Waals surface area contributed by atoms with Gasteiger partial charge in [0, 0.05) is 32.6 Å². The van der Waals surface area contributed by atoms with Crippen LogP contribution in [0.15, 0.2) is 41.3 Å². The molecule has 2 N–H and O–H groups in total. The lowest BCUT2D eigenvalue weighted by atomic mass is 9.87. The van der Waals surface area contributed by atoms with E-state index in [1.807, 2.05) is 0 Å². The van der Waals surface area contributed by atoms with Crippen molar-refractivity contribution in [1.82, 2.24) is 15.1 Å². The number of carbonyl (C=O) groups excluding carboxylic acids is 3. The van der Waals surface area contributed by atoms with Gasteiger partial charge in [-0.05, 0) is 62.6 Å². The van der Waals surface area contributed by atoms with E-state index in [0.29, 0.717) is 57.5 Å². The fraction of sp³-hybridized carbons (Fsp3) is 0.464. The molecule has 4 rings (SSSR count). The number of anilines is 1. The van der Waals surface area contributed by atoms with Gasteiger partial charge in [0.1, 0.15) is 17.0 Å². The smallest absolute Gasteiger partial charge is 0.416 e. The molecule has 2 aromatic rings. The summed E-state index contributed by atoms with van der Waals surface area (Å²) in [6.45, 7) is 1.95. The highest BCUT2D eigenvalue weighted by atomic mass is 32.2. The predicted molar refractivity (Wildman–Crippen MR) is 150 cm³/mol. The first-order valence-electron chi connectivity index (χ1n) is 13.5. The monoisotopic (exact) mass is 626 g/mol. The van der Waals surface area contributed by atoms with Gasteiger partial charge in [0.25, 0.3) is 15.9 Å². The Morgan fingerprint density at radius 3 is 2.19 bits per heavy atom. The number of ketones is 1. The molecule has 0 bridgehead atoms. The summed E-state index contributed by atoms with van der Waals surface area (Å²) in [5.41, 5.74) is -1.79. The molecule has 2 heterocycles. The Kier molecular flexibility index (Phi) is 9.25. The molecule has 2 saturated heterocycles. The van der Waals surface area contributed by atoms with Crippen LogP contribution in [0.4, 0.5) is 23.7 Å². The Morgan fingerprint density at radius 1 is 1.02 bits per heavy atom. The van der Waals surface area contributed by atoms with E-state index in [0.717, 1.165) is 17.0 Å². The van der Waals surface area contributed by atoms with Gasteiger partial charge in [-0.15, -0.1) is 0 Å². The van der Waals surface area contributed by atoms with Crippen LogP contribution in [-0.2, 0) is 21.0 Å². The maximum absolute atomic E-state index is 13.2. The summed E-state index contributed by atoms with van der Waals surface area (Å²) in [5, 5.41) is 2.81. The molecular formula is C28H33F3N4O7S. The Labute approximate surface area is 247 Å². The number of alkyl halides is 3. The predicted octanol–water partition coefficient (Wildman–Crippen LogP) is 3.89. The number of methoxy groups -OCH3 is 2. The van der Waals surface area contributed by atoms with Gasteiger partial charge >= 0.3 is 12.2 Å². The number of hydrogen-bond donors (Lipinski definition) is 2. The third-order valence-corrected chi connectivity index (χ3v) is 9.14. The van der Waals surface area contributed by atoms with Gasteiger partial charge in [0.05, 0.1) is 35.9 Å².